The maximum Gasteiger partial charge on any atom is 0.198 e. The van der Waals surface area contributed by atoms with Gasteiger partial charge in [0.05, 0.1) is 0 Å². The maximum absolute atomic E-state index is 12.0. The Bertz CT molecular complexity index is 556. The van der Waals surface area contributed by atoms with E-state index in [0.717, 1.165) is 16.5 Å². The second-order valence-corrected chi connectivity index (χ2v) is 5.76. The zero-order valence-electron chi connectivity index (χ0n) is 10.8. The van der Waals surface area contributed by atoms with Gasteiger partial charge in [0.15, 0.2) is 11.5 Å². The van der Waals surface area contributed by atoms with Gasteiger partial charge >= 0.3 is 0 Å². The molecule has 0 unspecified atom stereocenters. The molecule has 0 amide bonds. The molecule has 0 atom stereocenters. The van der Waals surface area contributed by atoms with Crippen LogP contribution < -0.4 is 0 Å². The van der Waals surface area contributed by atoms with Gasteiger partial charge in [0.25, 0.3) is 0 Å². The fourth-order valence-electron chi connectivity index (χ4n) is 1.92. The summed E-state index contributed by atoms with van der Waals surface area (Å²) in [6.45, 7) is 8.15. The van der Waals surface area contributed by atoms with Gasteiger partial charge in [-0.05, 0) is 24.0 Å². The highest BCUT2D eigenvalue weighted by Gasteiger charge is 2.20. The van der Waals surface area contributed by atoms with Gasteiger partial charge in [-0.2, -0.15) is 0 Å². The van der Waals surface area contributed by atoms with E-state index >= 15 is 0 Å². The summed E-state index contributed by atoms with van der Waals surface area (Å²) in [5, 5.41) is 1.00. The summed E-state index contributed by atoms with van der Waals surface area (Å²) in [7, 11) is 0. The van der Waals surface area contributed by atoms with E-state index in [0.29, 0.717) is 12.2 Å². The van der Waals surface area contributed by atoms with Crippen LogP contribution in [0.2, 0.25) is 0 Å². The van der Waals surface area contributed by atoms with Crippen molar-refractivity contribution in [1.29, 1.82) is 0 Å². The van der Waals surface area contributed by atoms with Crippen molar-refractivity contribution in [2.45, 2.75) is 34.1 Å². The first-order valence-electron chi connectivity index (χ1n) is 5.89. The number of ketones is 1. The topological polar surface area (TPSA) is 30.2 Å². The van der Waals surface area contributed by atoms with Gasteiger partial charge in [-0.3, -0.25) is 4.79 Å². The second kappa shape index (κ2) is 4.02. The Kier molecular flexibility index (Phi) is 2.82. The molecule has 0 radical (unpaired) electrons. The first kappa shape index (κ1) is 11.9. The number of carbonyl (C=O) groups is 1. The van der Waals surface area contributed by atoms with E-state index in [1.54, 1.807) is 0 Å². The number of aryl methyl sites for hydroxylation is 1. The van der Waals surface area contributed by atoms with Gasteiger partial charge in [-0.15, -0.1) is 0 Å². The van der Waals surface area contributed by atoms with Gasteiger partial charge < -0.3 is 4.42 Å². The average molecular weight is 230 g/mol. The van der Waals surface area contributed by atoms with Crippen LogP contribution in [0.5, 0.6) is 0 Å². The second-order valence-electron chi connectivity index (χ2n) is 5.76. The summed E-state index contributed by atoms with van der Waals surface area (Å²) in [4.78, 5) is 12.0. The average Bonchev–Trinajstić information content (AvgIpc) is 2.60. The lowest BCUT2D eigenvalue weighted by Gasteiger charge is -2.15. The van der Waals surface area contributed by atoms with E-state index in [2.05, 4.69) is 20.8 Å². The van der Waals surface area contributed by atoms with Crippen molar-refractivity contribution < 1.29 is 9.21 Å². The van der Waals surface area contributed by atoms with Crippen LogP contribution in [0.3, 0.4) is 0 Å². The molecule has 0 aliphatic carbocycles. The van der Waals surface area contributed by atoms with Crippen LogP contribution in [0.4, 0.5) is 0 Å². The van der Waals surface area contributed by atoms with E-state index in [-0.39, 0.29) is 11.2 Å². The number of hydrogen-bond acceptors (Lipinski definition) is 2. The zero-order valence-corrected chi connectivity index (χ0v) is 10.8. The summed E-state index contributed by atoms with van der Waals surface area (Å²) >= 11 is 0. The lowest BCUT2D eigenvalue weighted by Crippen LogP contribution is -2.12. The van der Waals surface area contributed by atoms with Crippen LogP contribution in [0.25, 0.3) is 11.0 Å². The molecule has 0 bridgehead atoms. The minimum absolute atomic E-state index is 0.00883. The number of rotatable bonds is 2. The molecule has 0 N–H and O–H groups in total. The van der Waals surface area contributed by atoms with Crippen molar-refractivity contribution in [1.82, 2.24) is 0 Å². The van der Waals surface area contributed by atoms with E-state index in [1.807, 2.05) is 31.2 Å². The SMILES string of the molecule is Cc1cccc2cc(C(=O)CC(C)(C)C)oc12. The molecule has 2 nitrogen and oxygen atoms in total. The van der Waals surface area contributed by atoms with E-state index < -0.39 is 0 Å². The molecule has 17 heavy (non-hydrogen) atoms. The highest BCUT2D eigenvalue weighted by Crippen LogP contribution is 2.26. The van der Waals surface area contributed by atoms with Gasteiger partial charge in [0.1, 0.15) is 5.58 Å². The molecule has 0 fully saturated rings. The summed E-state index contributed by atoms with van der Waals surface area (Å²) in [5.74, 6) is 0.553. The third-order valence-corrected chi connectivity index (χ3v) is 2.71. The largest absolute Gasteiger partial charge is 0.453 e. The van der Waals surface area contributed by atoms with Crippen molar-refractivity contribution in [3.63, 3.8) is 0 Å². The third-order valence-electron chi connectivity index (χ3n) is 2.71. The number of furan rings is 1. The van der Waals surface area contributed by atoms with Crippen molar-refractivity contribution in [2.75, 3.05) is 0 Å². The van der Waals surface area contributed by atoms with Crippen LogP contribution >= 0.6 is 0 Å². The summed E-state index contributed by atoms with van der Waals surface area (Å²) < 4.78 is 5.66. The summed E-state index contributed by atoms with van der Waals surface area (Å²) in [5.41, 5.74) is 1.88. The molecule has 0 saturated carbocycles. The molecule has 2 rings (SSSR count). The third kappa shape index (κ3) is 2.57. The standard InChI is InChI=1S/C15H18O2/c1-10-6-5-7-11-8-13(17-14(10)11)12(16)9-15(2,3)4/h5-8H,9H2,1-4H3. The maximum atomic E-state index is 12.0. The number of fused-ring (bicyclic) bond motifs is 1. The molecule has 1 aromatic heterocycles. The molecule has 0 aliphatic rings. The lowest BCUT2D eigenvalue weighted by molar-refractivity contribution is 0.0914. The molecule has 1 heterocycles. The number of benzene rings is 1. The number of hydrogen-bond donors (Lipinski definition) is 0. The minimum atomic E-state index is -0.00883. The Hall–Kier alpha value is -1.57. The van der Waals surface area contributed by atoms with E-state index in [4.69, 9.17) is 4.42 Å². The van der Waals surface area contributed by atoms with Crippen molar-refractivity contribution in [2.24, 2.45) is 5.41 Å². The fraction of sp³-hybridized carbons (Fsp3) is 0.400. The van der Waals surface area contributed by atoms with E-state index in [9.17, 15) is 4.79 Å². The number of para-hydroxylation sites is 1. The first-order valence-corrected chi connectivity index (χ1v) is 5.89. The zero-order chi connectivity index (χ0) is 12.6. The van der Waals surface area contributed by atoms with Crippen LogP contribution in [-0.2, 0) is 0 Å². The molecule has 2 heteroatoms. The monoisotopic (exact) mass is 230 g/mol. The molecular formula is C15H18O2. The first-order chi connectivity index (χ1) is 7.87. The van der Waals surface area contributed by atoms with Crippen molar-refractivity contribution in [3.8, 4) is 0 Å². The number of Topliss-reactive ketones (excluding diaryl/α,β-unsaturated/α-hetero) is 1. The lowest BCUT2D eigenvalue weighted by atomic mass is 9.89. The predicted molar refractivity (Wildman–Crippen MR) is 69.4 cm³/mol. The molecule has 0 spiro atoms. The van der Waals surface area contributed by atoms with Crippen LogP contribution in [0.15, 0.2) is 28.7 Å². The Morgan fingerprint density at radius 2 is 2.00 bits per heavy atom. The smallest absolute Gasteiger partial charge is 0.198 e. The fourth-order valence-corrected chi connectivity index (χ4v) is 1.92. The highest BCUT2D eigenvalue weighted by molar-refractivity contribution is 5.98. The van der Waals surface area contributed by atoms with Gasteiger partial charge in [-0.25, -0.2) is 0 Å². The van der Waals surface area contributed by atoms with Crippen LogP contribution in [0.1, 0.15) is 43.3 Å². The Balaban J connectivity index is 2.37. The van der Waals surface area contributed by atoms with Crippen molar-refractivity contribution >= 4 is 16.8 Å². The summed E-state index contributed by atoms with van der Waals surface area (Å²) in [6, 6.07) is 7.78. The van der Waals surface area contributed by atoms with Gasteiger partial charge in [0.2, 0.25) is 0 Å². The normalized spacial score (nSPS) is 12.0. The Morgan fingerprint density at radius 3 is 2.59 bits per heavy atom. The predicted octanol–water partition coefficient (Wildman–Crippen LogP) is 4.36. The molecular weight excluding hydrogens is 212 g/mol. The minimum Gasteiger partial charge on any atom is -0.453 e. The van der Waals surface area contributed by atoms with Crippen LogP contribution in [-0.4, -0.2) is 5.78 Å². The Morgan fingerprint density at radius 1 is 1.29 bits per heavy atom. The van der Waals surface area contributed by atoms with Crippen molar-refractivity contribution in [3.05, 3.63) is 35.6 Å². The molecule has 0 aliphatic heterocycles. The molecule has 90 valence electrons. The highest BCUT2D eigenvalue weighted by atomic mass is 16.3. The quantitative estimate of drug-likeness (QED) is 0.717. The van der Waals surface area contributed by atoms with Gasteiger partial charge in [0, 0.05) is 11.8 Å². The van der Waals surface area contributed by atoms with E-state index in [1.165, 1.54) is 0 Å². The Labute approximate surface area is 102 Å². The van der Waals surface area contributed by atoms with Crippen LogP contribution in [0, 0.1) is 12.3 Å². The summed E-state index contributed by atoms with van der Waals surface area (Å²) in [6.07, 6.45) is 0.506. The molecule has 1 aromatic carbocycles. The number of carbonyl (C=O) groups excluding carboxylic acids is 1. The molecule has 0 saturated heterocycles. The van der Waals surface area contributed by atoms with Gasteiger partial charge in [-0.1, -0.05) is 39.0 Å². The molecule has 2 aromatic rings.